The van der Waals surface area contributed by atoms with E-state index in [1.54, 1.807) is 0 Å². The molecule has 1 heterocycles. The predicted molar refractivity (Wildman–Crippen MR) is 46.5 cm³/mol. The molecule has 0 radical (unpaired) electrons. The fourth-order valence-electron chi connectivity index (χ4n) is 0.535. The smallest absolute Gasteiger partial charge is 0.217 e. The Hall–Kier alpha value is 0.170. The molecule has 0 aliphatic heterocycles. The Balaban J connectivity index is 3.18. The van der Waals surface area contributed by atoms with Crippen molar-refractivity contribution < 1.29 is 4.39 Å². The molecular formula is C5HCl4FN2. The third kappa shape index (κ3) is 2.59. The van der Waals surface area contributed by atoms with Crippen LogP contribution >= 0.6 is 46.4 Å². The molecule has 0 aliphatic carbocycles. The minimum atomic E-state index is -2.60. The Bertz CT molecular complexity index is 278. The molecule has 1 aromatic rings. The first-order valence-electron chi connectivity index (χ1n) is 2.67. The van der Waals surface area contributed by atoms with E-state index in [0.29, 0.717) is 0 Å². The number of nitrogens with zero attached hydrogens (tertiary/aromatic N) is 2. The van der Waals surface area contributed by atoms with E-state index in [1.165, 1.54) is 0 Å². The van der Waals surface area contributed by atoms with E-state index in [2.05, 4.69) is 9.97 Å². The second-order valence-corrected chi connectivity index (χ2v) is 3.80. The van der Waals surface area contributed by atoms with Gasteiger partial charge in [-0.2, -0.15) is 0 Å². The van der Waals surface area contributed by atoms with E-state index in [1.807, 2.05) is 0 Å². The van der Waals surface area contributed by atoms with Crippen molar-refractivity contribution in [3.63, 3.8) is 0 Å². The third-order valence-electron chi connectivity index (χ3n) is 0.958. The minimum Gasteiger partial charge on any atom is -0.217 e. The number of hydrogen-bond acceptors (Lipinski definition) is 2. The third-order valence-corrected chi connectivity index (χ3v) is 1.71. The lowest BCUT2D eigenvalue weighted by Crippen LogP contribution is -2.05. The van der Waals surface area contributed by atoms with Crippen LogP contribution in [0.1, 0.15) is 5.69 Å². The summed E-state index contributed by atoms with van der Waals surface area (Å²) < 4.78 is 10.2. The summed E-state index contributed by atoms with van der Waals surface area (Å²) in [6.07, 6.45) is 0. The first kappa shape index (κ1) is 10.3. The zero-order chi connectivity index (χ0) is 9.35. The molecule has 0 fully saturated rings. The summed E-state index contributed by atoms with van der Waals surface area (Å²) in [6.45, 7) is 0. The standard InChI is InChI=1S/C5HCl4FN2/c6-3-1-2(5(8,9)10)11-4(7)12-3/h1H. The van der Waals surface area contributed by atoms with Gasteiger partial charge in [-0.15, -0.1) is 0 Å². The average molecular weight is 250 g/mol. The summed E-state index contributed by atoms with van der Waals surface area (Å²) in [6, 6.07) is 1.09. The molecule has 0 saturated carbocycles. The molecule has 0 N–H and O–H groups in total. The quantitative estimate of drug-likeness (QED) is 0.434. The van der Waals surface area contributed by atoms with Gasteiger partial charge < -0.3 is 0 Å². The zero-order valence-electron chi connectivity index (χ0n) is 5.36. The average Bonchev–Trinajstić information content (AvgIpc) is 1.82. The molecule has 7 heteroatoms. The van der Waals surface area contributed by atoms with E-state index in [4.69, 9.17) is 46.4 Å². The van der Waals surface area contributed by atoms with E-state index in [9.17, 15) is 4.39 Å². The van der Waals surface area contributed by atoms with Gasteiger partial charge in [0.2, 0.25) is 5.28 Å². The summed E-state index contributed by atoms with van der Waals surface area (Å²) >= 11 is 21.0. The van der Waals surface area contributed by atoms with Gasteiger partial charge in [0.15, 0.2) is 0 Å². The van der Waals surface area contributed by atoms with Gasteiger partial charge in [-0.25, -0.2) is 14.4 Å². The van der Waals surface area contributed by atoms with E-state index < -0.39 is 4.59 Å². The van der Waals surface area contributed by atoms with Crippen molar-refractivity contribution in [2.45, 2.75) is 4.59 Å². The Morgan fingerprint density at radius 2 is 1.83 bits per heavy atom. The van der Waals surface area contributed by atoms with Crippen molar-refractivity contribution in [2.75, 3.05) is 0 Å². The van der Waals surface area contributed by atoms with Crippen molar-refractivity contribution in [3.05, 3.63) is 22.2 Å². The fourth-order valence-corrected chi connectivity index (χ4v) is 1.14. The Labute approximate surface area is 87.6 Å². The molecule has 66 valence electrons. The monoisotopic (exact) mass is 248 g/mol. The molecule has 0 bridgehead atoms. The van der Waals surface area contributed by atoms with Gasteiger partial charge in [0, 0.05) is 6.07 Å². The SMILES string of the molecule is FC(Cl)(Cl)c1cc(Cl)nc(Cl)n1. The molecule has 0 aliphatic rings. The maximum absolute atomic E-state index is 12.8. The summed E-state index contributed by atoms with van der Waals surface area (Å²) in [5, 5.41) is -0.228. The highest BCUT2D eigenvalue weighted by molar-refractivity contribution is 6.46. The molecule has 1 rings (SSSR count). The van der Waals surface area contributed by atoms with Crippen molar-refractivity contribution >= 4 is 46.4 Å². The van der Waals surface area contributed by atoms with E-state index >= 15 is 0 Å². The second-order valence-electron chi connectivity index (χ2n) is 1.84. The highest BCUT2D eigenvalue weighted by Crippen LogP contribution is 2.34. The van der Waals surface area contributed by atoms with Crippen molar-refractivity contribution in [1.82, 2.24) is 9.97 Å². The second kappa shape index (κ2) is 3.50. The van der Waals surface area contributed by atoms with Crippen LogP contribution in [-0.4, -0.2) is 9.97 Å². The Kier molecular flexibility index (Phi) is 2.99. The fraction of sp³-hybridized carbons (Fsp3) is 0.200. The summed E-state index contributed by atoms with van der Waals surface area (Å²) in [4.78, 5) is 6.92. The highest BCUT2D eigenvalue weighted by atomic mass is 35.5. The molecule has 2 nitrogen and oxygen atoms in total. The summed E-state index contributed by atoms with van der Waals surface area (Å²) in [5.41, 5.74) is -0.282. The first-order chi connectivity index (χ1) is 5.39. The molecule has 0 unspecified atom stereocenters. The lowest BCUT2D eigenvalue weighted by molar-refractivity contribution is 0.396. The van der Waals surface area contributed by atoms with Gasteiger partial charge in [0.1, 0.15) is 10.8 Å². The van der Waals surface area contributed by atoms with Crippen LogP contribution in [0.3, 0.4) is 0 Å². The maximum atomic E-state index is 12.8. The Morgan fingerprint density at radius 3 is 2.25 bits per heavy atom. The zero-order valence-corrected chi connectivity index (χ0v) is 8.39. The maximum Gasteiger partial charge on any atom is 0.300 e. The number of rotatable bonds is 1. The number of aromatic nitrogens is 2. The lowest BCUT2D eigenvalue weighted by Gasteiger charge is -2.07. The van der Waals surface area contributed by atoms with Crippen LogP contribution in [0.5, 0.6) is 0 Å². The van der Waals surface area contributed by atoms with Crippen molar-refractivity contribution in [2.24, 2.45) is 0 Å². The van der Waals surface area contributed by atoms with Gasteiger partial charge >= 0.3 is 0 Å². The van der Waals surface area contributed by atoms with Crippen molar-refractivity contribution in [3.8, 4) is 0 Å². The normalized spacial score (nSPS) is 11.8. The van der Waals surface area contributed by atoms with Gasteiger partial charge in [-0.05, 0) is 11.6 Å². The van der Waals surface area contributed by atoms with Gasteiger partial charge in [-0.1, -0.05) is 34.8 Å². The minimum absolute atomic E-state index is 0.0201. The molecule has 0 saturated heterocycles. The molecule has 12 heavy (non-hydrogen) atoms. The lowest BCUT2D eigenvalue weighted by atomic mass is 10.4. The van der Waals surface area contributed by atoms with Crippen LogP contribution in [0.4, 0.5) is 4.39 Å². The molecule has 0 spiro atoms. The highest BCUT2D eigenvalue weighted by Gasteiger charge is 2.28. The van der Waals surface area contributed by atoms with Crippen molar-refractivity contribution in [1.29, 1.82) is 0 Å². The van der Waals surface area contributed by atoms with Gasteiger partial charge in [0.25, 0.3) is 4.59 Å². The van der Waals surface area contributed by atoms with E-state index in [0.717, 1.165) is 6.07 Å². The topological polar surface area (TPSA) is 25.8 Å². The number of halogens is 5. The predicted octanol–water partition coefficient (Wildman–Crippen LogP) is 3.34. The first-order valence-corrected chi connectivity index (χ1v) is 4.18. The molecule has 0 atom stereocenters. The van der Waals surface area contributed by atoms with Crippen LogP contribution in [0.15, 0.2) is 6.07 Å². The molecular weight excluding hydrogens is 249 g/mol. The van der Waals surface area contributed by atoms with Gasteiger partial charge in [0.05, 0.1) is 0 Å². The summed E-state index contributed by atoms with van der Waals surface area (Å²) in [7, 11) is 0. The van der Waals surface area contributed by atoms with Crippen LogP contribution in [0, 0.1) is 0 Å². The van der Waals surface area contributed by atoms with Crippen LogP contribution in [0.2, 0.25) is 10.4 Å². The number of hydrogen-bond donors (Lipinski definition) is 0. The molecule has 0 aromatic carbocycles. The summed E-state index contributed by atoms with van der Waals surface area (Å²) in [5.74, 6) is 0. The largest absolute Gasteiger partial charge is 0.300 e. The molecule has 0 amide bonds. The van der Waals surface area contributed by atoms with E-state index in [-0.39, 0.29) is 16.1 Å². The molecule has 1 aromatic heterocycles. The van der Waals surface area contributed by atoms with Gasteiger partial charge in [-0.3, -0.25) is 0 Å². The van der Waals surface area contributed by atoms with Crippen LogP contribution in [-0.2, 0) is 4.59 Å². The van der Waals surface area contributed by atoms with Crippen LogP contribution in [0.25, 0.3) is 0 Å². The Morgan fingerprint density at radius 1 is 1.25 bits per heavy atom. The number of alkyl halides is 3. The van der Waals surface area contributed by atoms with Crippen LogP contribution < -0.4 is 0 Å².